The van der Waals surface area contributed by atoms with Gasteiger partial charge in [0.1, 0.15) is 16.2 Å². The highest BCUT2D eigenvalue weighted by atomic mass is 32.2. The Morgan fingerprint density at radius 2 is 2.00 bits per heavy atom. The van der Waals surface area contributed by atoms with Crippen LogP contribution >= 0.6 is 11.8 Å². The quantitative estimate of drug-likeness (QED) is 0.851. The molecular weight excluding hydrogens is 294 g/mol. The van der Waals surface area contributed by atoms with Gasteiger partial charge in [0.25, 0.3) is 5.91 Å². The molecule has 0 bridgehead atoms. The van der Waals surface area contributed by atoms with Gasteiger partial charge in [-0.2, -0.15) is 4.99 Å². The molecular formula is C15H18F2N2OS. The van der Waals surface area contributed by atoms with E-state index in [0.29, 0.717) is 17.4 Å². The predicted octanol–water partition coefficient (Wildman–Crippen LogP) is 3.79. The molecule has 0 aromatic heterocycles. The molecule has 0 saturated carbocycles. The van der Waals surface area contributed by atoms with Crippen LogP contribution in [0.3, 0.4) is 0 Å². The zero-order valence-electron chi connectivity index (χ0n) is 12.5. The number of nitrogens with zero attached hydrogens (tertiary/aromatic N) is 2. The van der Waals surface area contributed by atoms with E-state index in [0.717, 1.165) is 11.8 Å². The summed E-state index contributed by atoms with van der Waals surface area (Å²) in [4.78, 5) is 17.7. The van der Waals surface area contributed by atoms with Crippen molar-refractivity contribution in [3.05, 3.63) is 30.1 Å². The molecule has 0 aliphatic carbocycles. The molecule has 1 aromatic carbocycles. The molecule has 0 N–H and O–H groups in total. The van der Waals surface area contributed by atoms with Crippen molar-refractivity contribution in [3.63, 3.8) is 0 Å². The topological polar surface area (TPSA) is 32.7 Å². The first-order chi connectivity index (χ1) is 9.70. The highest BCUT2D eigenvalue weighted by Gasteiger charge is 2.54. The van der Waals surface area contributed by atoms with Crippen LogP contribution in [0.15, 0.2) is 29.3 Å². The predicted molar refractivity (Wildman–Crippen MR) is 83.0 cm³/mol. The summed E-state index contributed by atoms with van der Waals surface area (Å²) in [6.45, 7) is 6.51. The lowest BCUT2D eigenvalue weighted by Crippen LogP contribution is -2.46. The molecule has 1 heterocycles. The molecule has 3 nitrogen and oxygen atoms in total. The van der Waals surface area contributed by atoms with Crippen molar-refractivity contribution in [2.45, 2.75) is 38.1 Å². The van der Waals surface area contributed by atoms with E-state index < -0.39 is 22.1 Å². The van der Waals surface area contributed by atoms with Crippen LogP contribution in [0.25, 0.3) is 0 Å². The number of anilines is 1. The van der Waals surface area contributed by atoms with Crippen molar-refractivity contribution in [1.29, 1.82) is 0 Å². The second-order valence-electron chi connectivity index (χ2n) is 5.50. The third-order valence-corrected chi connectivity index (χ3v) is 5.29. The summed E-state index contributed by atoms with van der Waals surface area (Å²) in [5.74, 6) is -0.923. The minimum atomic E-state index is -1.73. The van der Waals surface area contributed by atoms with Crippen LogP contribution in [-0.4, -0.2) is 28.0 Å². The number of thioether (sulfide) groups is 1. The molecule has 114 valence electrons. The molecule has 1 unspecified atom stereocenters. The van der Waals surface area contributed by atoms with E-state index in [2.05, 4.69) is 4.99 Å². The normalized spacial score (nSPS) is 22.4. The molecule has 2 rings (SSSR count). The number of carbonyl (C=O) groups excluding carboxylic acids is 1. The van der Waals surface area contributed by atoms with Crippen molar-refractivity contribution >= 4 is 28.5 Å². The minimum absolute atomic E-state index is 0.333. The lowest BCUT2D eigenvalue weighted by molar-refractivity contribution is -0.122. The Kier molecular flexibility index (Phi) is 4.10. The van der Waals surface area contributed by atoms with Crippen molar-refractivity contribution in [3.8, 4) is 0 Å². The van der Waals surface area contributed by atoms with Gasteiger partial charge >= 0.3 is 0 Å². The van der Waals surface area contributed by atoms with Gasteiger partial charge in [-0.1, -0.05) is 23.9 Å². The van der Waals surface area contributed by atoms with Crippen molar-refractivity contribution in [2.24, 2.45) is 4.99 Å². The smallest absolute Gasteiger partial charge is 0.267 e. The maximum absolute atomic E-state index is 14.3. The molecule has 1 aliphatic heterocycles. The number of rotatable bonds is 3. The zero-order valence-corrected chi connectivity index (χ0v) is 13.3. The Morgan fingerprint density at radius 3 is 2.48 bits per heavy atom. The van der Waals surface area contributed by atoms with Gasteiger partial charge in [-0.05, 0) is 39.8 Å². The summed E-state index contributed by atoms with van der Waals surface area (Å²) in [5.41, 5.74) is -1.39. The molecule has 21 heavy (non-hydrogen) atoms. The number of benzene rings is 1. The van der Waals surface area contributed by atoms with E-state index in [9.17, 15) is 13.6 Å². The van der Waals surface area contributed by atoms with Gasteiger partial charge in [0, 0.05) is 6.54 Å². The van der Waals surface area contributed by atoms with Gasteiger partial charge in [0.15, 0.2) is 5.17 Å². The highest BCUT2D eigenvalue weighted by molar-refractivity contribution is 8.16. The molecule has 0 radical (unpaired) electrons. The fourth-order valence-electron chi connectivity index (χ4n) is 2.01. The average molecular weight is 312 g/mol. The van der Waals surface area contributed by atoms with Gasteiger partial charge in [-0.3, -0.25) is 4.79 Å². The summed E-state index contributed by atoms with van der Waals surface area (Å²) in [6.07, 6.45) is 0. The number of para-hydroxylation sites is 1. The van der Waals surface area contributed by atoms with Crippen LogP contribution in [0.4, 0.5) is 14.5 Å². The first-order valence-electron chi connectivity index (χ1n) is 6.74. The highest BCUT2D eigenvalue weighted by Crippen LogP contribution is 2.45. The third kappa shape index (κ3) is 2.69. The van der Waals surface area contributed by atoms with Gasteiger partial charge in [-0.15, -0.1) is 0 Å². The molecule has 1 amide bonds. The first-order valence-corrected chi connectivity index (χ1v) is 7.55. The molecule has 0 saturated heterocycles. The maximum atomic E-state index is 14.3. The second-order valence-corrected chi connectivity index (χ2v) is 6.89. The third-order valence-electron chi connectivity index (χ3n) is 3.73. The van der Waals surface area contributed by atoms with Crippen LogP contribution in [0.2, 0.25) is 0 Å². The van der Waals surface area contributed by atoms with Gasteiger partial charge in [-0.25, -0.2) is 8.78 Å². The fraction of sp³-hybridized carbons (Fsp3) is 0.467. The minimum Gasteiger partial charge on any atom is -0.318 e. The first kappa shape index (κ1) is 15.9. The molecule has 1 aromatic rings. The SMILES string of the molecule is CCN(C1=NC(=O)C(C)(C(C)(C)F)S1)c1ccccc1F. The molecule has 6 heteroatoms. The summed E-state index contributed by atoms with van der Waals surface area (Å²) >= 11 is 1.05. The van der Waals surface area contributed by atoms with E-state index in [-0.39, 0.29) is 0 Å². The van der Waals surface area contributed by atoms with Gasteiger partial charge in [0.05, 0.1) is 5.69 Å². The summed E-state index contributed by atoms with van der Waals surface area (Å²) in [7, 11) is 0. The number of amidine groups is 1. The second kappa shape index (κ2) is 5.40. The van der Waals surface area contributed by atoms with E-state index >= 15 is 0 Å². The van der Waals surface area contributed by atoms with E-state index in [4.69, 9.17) is 0 Å². The van der Waals surface area contributed by atoms with Crippen LogP contribution in [0.1, 0.15) is 27.7 Å². The van der Waals surface area contributed by atoms with Gasteiger partial charge < -0.3 is 4.90 Å². The monoisotopic (exact) mass is 312 g/mol. The Bertz CT molecular complexity index is 598. The summed E-state index contributed by atoms with van der Waals surface area (Å²) in [5, 5.41) is 0.334. The van der Waals surface area contributed by atoms with Gasteiger partial charge in [0.2, 0.25) is 0 Å². The van der Waals surface area contributed by atoms with E-state index in [1.54, 1.807) is 23.1 Å². The standard InChI is InChI=1S/C15H18F2N2OS/c1-5-19(11-9-7-6-8-10(11)16)13-18-12(20)15(4,21-13)14(2,3)17/h6-9H,5H2,1-4H3. The Morgan fingerprint density at radius 1 is 1.38 bits per heavy atom. The zero-order chi connectivity index (χ0) is 15.8. The fourth-order valence-corrected chi connectivity index (χ4v) is 3.22. The van der Waals surface area contributed by atoms with E-state index in [1.807, 2.05) is 6.92 Å². The Labute approximate surface area is 127 Å². The summed E-state index contributed by atoms with van der Waals surface area (Å²) < 4.78 is 27.0. The van der Waals surface area contributed by atoms with Crippen molar-refractivity contribution < 1.29 is 13.6 Å². The summed E-state index contributed by atoms with van der Waals surface area (Å²) in [6, 6.07) is 6.26. The number of hydrogen-bond donors (Lipinski definition) is 0. The van der Waals surface area contributed by atoms with Crippen molar-refractivity contribution in [1.82, 2.24) is 0 Å². The van der Waals surface area contributed by atoms with Crippen molar-refractivity contribution in [2.75, 3.05) is 11.4 Å². The molecule has 1 atom stereocenters. The number of alkyl halides is 1. The largest absolute Gasteiger partial charge is 0.318 e. The number of halogens is 2. The number of hydrogen-bond acceptors (Lipinski definition) is 3. The van der Waals surface area contributed by atoms with Crippen LogP contribution in [0, 0.1) is 5.82 Å². The van der Waals surface area contributed by atoms with Crippen LogP contribution < -0.4 is 4.90 Å². The Balaban J connectivity index is 2.37. The van der Waals surface area contributed by atoms with E-state index in [1.165, 1.54) is 26.8 Å². The lowest BCUT2D eigenvalue weighted by atomic mass is 9.93. The number of aliphatic imine (C=N–C) groups is 1. The molecule has 0 fully saturated rings. The Hall–Kier alpha value is -1.43. The molecule has 0 spiro atoms. The average Bonchev–Trinajstić information content (AvgIpc) is 2.69. The molecule has 1 aliphatic rings. The maximum Gasteiger partial charge on any atom is 0.267 e. The number of carbonyl (C=O) groups is 1. The number of amides is 1. The lowest BCUT2D eigenvalue weighted by Gasteiger charge is -2.32. The van der Waals surface area contributed by atoms with Crippen LogP contribution in [0.5, 0.6) is 0 Å². The van der Waals surface area contributed by atoms with Crippen LogP contribution in [-0.2, 0) is 4.79 Å².